The Bertz CT molecular complexity index is 1320. The number of amides is 1. The largest absolute Gasteiger partial charge is 0.495 e. The fourth-order valence-corrected chi connectivity index (χ4v) is 4.90. The lowest BCUT2D eigenvalue weighted by molar-refractivity contribution is 0.0666. The molecule has 0 aliphatic heterocycles. The summed E-state index contributed by atoms with van der Waals surface area (Å²) in [4.78, 5) is 28.6. The van der Waals surface area contributed by atoms with E-state index in [1.807, 2.05) is 52.0 Å². The number of pyridine rings is 2. The van der Waals surface area contributed by atoms with Gasteiger partial charge >= 0.3 is 0 Å². The zero-order chi connectivity index (χ0) is 24.9. The molecular weight excluding hydrogens is 476 g/mol. The summed E-state index contributed by atoms with van der Waals surface area (Å²) >= 11 is 6.43. The van der Waals surface area contributed by atoms with Gasteiger partial charge in [-0.05, 0) is 55.3 Å². The van der Waals surface area contributed by atoms with Gasteiger partial charge in [-0.15, -0.1) is 0 Å². The maximum absolute atomic E-state index is 13.4. The monoisotopic (exact) mass is 502 g/mol. The highest BCUT2D eigenvalue weighted by Gasteiger charge is 2.28. The average Bonchev–Trinajstić information content (AvgIpc) is 3.61. The lowest BCUT2D eigenvalue weighted by atomic mass is 10.2. The van der Waals surface area contributed by atoms with Crippen LogP contribution >= 0.6 is 11.6 Å². The zero-order valence-electron chi connectivity index (χ0n) is 20.0. The highest BCUT2D eigenvalue weighted by atomic mass is 35.5. The van der Waals surface area contributed by atoms with E-state index in [-0.39, 0.29) is 11.9 Å². The Morgan fingerprint density at radius 1 is 1.08 bits per heavy atom. The smallest absolute Gasteiger partial charge is 0.272 e. The highest BCUT2D eigenvalue weighted by molar-refractivity contribution is 6.32. The fourth-order valence-electron chi connectivity index (χ4n) is 4.65. The van der Waals surface area contributed by atoms with Gasteiger partial charge in [-0.25, -0.2) is 9.67 Å². The lowest BCUT2D eigenvalue weighted by Crippen LogP contribution is -2.41. The minimum atomic E-state index is -0.0500. The number of aromatic nitrogens is 5. The number of hydrogen-bond acceptors (Lipinski definition) is 6. The molecule has 8 nitrogen and oxygen atoms in total. The molecule has 3 aromatic heterocycles. The molecule has 0 atom stereocenters. The number of methoxy groups -OCH3 is 1. The third-order valence-corrected chi connectivity index (χ3v) is 6.78. The molecule has 1 aromatic carbocycles. The molecule has 9 heteroatoms. The van der Waals surface area contributed by atoms with E-state index < -0.39 is 0 Å². The average molecular weight is 503 g/mol. The molecule has 1 saturated carbocycles. The van der Waals surface area contributed by atoms with Crippen LogP contribution in [0.4, 0.5) is 0 Å². The van der Waals surface area contributed by atoms with Crippen LogP contribution < -0.4 is 4.74 Å². The molecule has 0 radical (unpaired) electrons. The normalized spacial score (nSPS) is 13.6. The summed E-state index contributed by atoms with van der Waals surface area (Å²) < 4.78 is 7.16. The number of hydrogen-bond donors (Lipinski definition) is 0. The van der Waals surface area contributed by atoms with E-state index in [9.17, 15) is 4.79 Å². The third kappa shape index (κ3) is 5.09. The van der Waals surface area contributed by atoms with E-state index in [2.05, 4.69) is 9.97 Å². The predicted molar refractivity (Wildman–Crippen MR) is 138 cm³/mol. The molecule has 0 unspecified atom stereocenters. The molecular formula is C27H27ClN6O2. The Labute approximate surface area is 214 Å². The van der Waals surface area contributed by atoms with Crippen molar-refractivity contribution in [2.45, 2.75) is 38.3 Å². The molecule has 1 aliphatic rings. The van der Waals surface area contributed by atoms with Gasteiger partial charge < -0.3 is 9.64 Å². The van der Waals surface area contributed by atoms with E-state index >= 15 is 0 Å². The summed E-state index contributed by atoms with van der Waals surface area (Å²) in [6.45, 7) is 0.974. The molecule has 1 aliphatic carbocycles. The first kappa shape index (κ1) is 23.9. The Morgan fingerprint density at radius 2 is 1.89 bits per heavy atom. The van der Waals surface area contributed by atoms with Gasteiger partial charge in [0.25, 0.3) is 5.91 Å². The number of carbonyl (C=O) groups is 1. The molecule has 184 valence electrons. The quantitative estimate of drug-likeness (QED) is 0.331. The van der Waals surface area contributed by atoms with E-state index in [1.165, 1.54) is 0 Å². The number of ether oxygens (including phenoxy) is 1. The number of carbonyl (C=O) groups excluding carboxylic acids is 1. The second kappa shape index (κ2) is 10.9. The SMILES string of the molecule is COc1ccc(-c2nc(-c3ccncc3)nn2CCN(C(=O)c2ccccn2)C2CCCC2)cc1Cl. The first-order valence-corrected chi connectivity index (χ1v) is 12.4. The summed E-state index contributed by atoms with van der Waals surface area (Å²) in [5, 5.41) is 5.30. The van der Waals surface area contributed by atoms with Crippen molar-refractivity contribution in [1.29, 1.82) is 0 Å². The molecule has 0 saturated heterocycles. The molecule has 3 heterocycles. The molecule has 0 N–H and O–H groups in total. The van der Waals surface area contributed by atoms with Crippen molar-refractivity contribution in [3.05, 3.63) is 77.8 Å². The molecule has 0 bridgehead atoms. The fraction of sp³-hybridized carbons (Fsp3) is 0.296. The van der Waals surface area contributed by atoms with Gasteiger partial charge in [-0.3, -0.25) is 14.8 Å². The van der Waals surface area contributed by atoms with Crippen LogP contribution in [-0.4, -0.2) is 55.2 Å². The van der Waals surface area contributed by atoms with Crippen molar-refractivity contribution in [1.82, 2.24) is 29.6 Å². The molecule has 4 aromatic rings. The van der Waals surface area contributed by atoms with Crippen molar-refractivity contribution >= 4 is 17.5 Å². The summed E-state index contributed by atoms with van der Waals surface area (Å²) in [6, 6.07) is 14.9. The Hall–Kier alpha value is -3.78. The predicted octanol–water partition coefficient (Wildman–Crippen LogP) is 5.15. The second-order valence-electron chi connectivity index (χ2n) is 8.72. The van der Waals surface area contributed by atoms with Gasteiger partial charge in [0.2, 0.25) is 0 Å². The third-order valence-electron chi connectivity index (χ3n) is 6.48. The summed E-state index contributed by atoms with van der Waals surface area (Å²) in [5.74, 6) is 1.80. The Kier molecular flexibility index (Phi) is 7.23. The van der Waals surface area contributed by atoms with Crippen LogP contribution in [-0.2, 0) is 6.54 Å². The number of benzene rings is 1. The van der Waals surface area contributed by atoms with Crippen molar-refractivity contribution in [3.8, 4) is 28.5 Å². The molecule has 1 fully saturated rings. The van der Waals surface area contributed by atoms with Crippen LogP contribution in [0.1, 0.15) is 36.2 Å². The van der Waals surface area contributed by atoms with Gasteiger partial charge in [-0.2, -0.15) is 5.10 Å². The topological polar surface area (TPSA) is 86.0 Å². The maximum atomic E-state index is 13.4. The first-order chi connectivity index (χ1) is 17.6. The van der Waals surface area contributed by atoms with Crippen molar-refractivity contribution in [2.24, 2.45) is 0 Å². The van der Waals surface area contributed by atoms with Gasteiger partial charge in [0.1, 0.15) is 11.4 Å². The van der Waals surface area contributed by atoms with Crippen LogP contribution in [0, 0.1) is 0 Å². The van der Waals surface area contributed by atoms with Crippen LogP contribution in [0.5, 0.6) is 5.75 Å². The van der Waals surface area contributed by atoms with E-state index in [1.54, 1.807) is 31.8 Å². The van der Waals surface area contributed by atoms with Crippen LogP contribution in [0.2, 0.25) is 5.02 Å². The minimum absolute atomic E-state index is 0.0500. The number of nitrogens with zero attached hydrogens (tertiary/aromatic N) is 6. The summed E-state index contributed by atoms with van der Waals surface area (Å²) in [7, 11) is 1.58. The molecule has 5 rings (SSSR count). The summed E-state index contributed by atoms with van der Waals surface area (Å²) in [6.07, 6.45) is 9.34. The van der Waals surface area contributed by atoms with Crippen molar-refractivity contribution in [2.75, 3.05) is 13.7 Å². The Balaban J connectivity index is 1.48. The van der Waals surface area contributed by atoms with Gasteiger partial charge in [0, 0.05) is 42.3 Å². The molecule has 0 spiro atoms. The summed E-state index contributed by atoms with van der Waals surface area (Å²) in [5.41, 5.74) is 2.14. The van der Waals surface area contributed by atoms with Gasteiger partial charge in [0.15, 0.2) is 11.6 Å². The second-order valence-corrected chi connectivity index (χ2v) is 9.13. The van der Waals surface area contributed by atoms with Crippen LogP contribution in [0.15, 0.2) is 67.1 Å². The van der Waals surface area contributed by atoms with E-state index in [0.29, 0.717) is 41.2 Å². The zero-order valence-corrected chi connectivity index (χ0v) is 20.8. The van der Waals surface area contributed by atoms with Crippen LogP contribution in [0.25, 0.3) is 22.8 Å². The van der Waals surface area contributed by atoms with Gasteiger partial charge in [-0.1, -0.05) is 30.5 Å². The van der Waals surface area contributed by atoms with E-state index in [4.69, 9.17) is 26.4 Å². The first-order valence-electron chi connectivity index (χ1n) is 12.0. The van der Waals surface area contributed by atoms with Crippen molar-refractivity contribution < 1.29 is 9.53 Å². The maximum Gasteiger partial charge on any atom is 0.272 e. The highest BCUT2D eigenvalue weighted by Crippen LogP contribution is 2.31. The lowest BCUT2D eigenvalue weighted by Gasteiger charge is -2.29. The molecule has 1 amide bonds. The minimum Gasteiger partial charge on any atom is -0.495 e. The number of halogens is 1. The molecule has 36 heavy (non-hydrogen) atoms. The van der Waals surface area contributed by atoms with Crippen LogP contribution in [0.3, 0.4) is 0 Å². The van der Waals surface area contributed by atoms with Crippen molar-refractivity contribution in [3.63, 3.8) is 0 Å². The van der Waals surface area contributed by atoms with E-state index in [0.717, 1.165) is 36.8 Å². The Morgan fingerprint density at radius 3 is 2.58 bits per heavy atom. The number of rotatable bonds is 8. The standard InChI is InChI=1S/C27H27ClN6O2/c1-36-24-10-9-20(18-22(24)28)26-31-25(19-11-14-29-15-12-19)32-34(26)17-16-33(21-6-2-3-7-21)27(35)23-8-4-5-13-30-23/h4-5,8-15,18,21H,2-3,6-7,16-17H2,1H3. The van der Waals surface area contributed by atoms with Gasteiger partial charge in [0.05, 0.1) is 18.7 Å².